The highest BCUT2D eigenvalue weighted by Gasteiger charge is 2.42. The molecule has 2 aliphatic rings. The van der Waals surface area contributed by atoms with Crippen LogP contribution in [0.1, 0.15) is 19.4 Å². The molecule has 0 aromatic heterocycles. The fourth-order valence-electron chi connectivity index (χ4n) is 3.18. The van der Waals surface area contributed by atoms with E-state index in [0.29, 0.717) is 0 Å². The SMILES string of the molecule is CN1C(=O)C2=CN(C(=O)C(COCc3ccccc3)NC(=O)C(C)(C)N)CCN2C1=O. The van der Waals surface area contributed by atoms with Crippen LogP contribution >= 0.6 is 0 Å². The van der Waals surface area contributed by atoms with Gasteiger partial charge in [-0.25, -0.2) is 4.79 Å². The van der Waals surface area contributed by atoms with E-state index < -0.39 is 35.3 Å². The smallest absolute Gasteiger partial charge is 0.331 e. The second-order valence-corrected chi connectivity index (χ2v) is 8.09. The van der Waals surface area contributed by atoms with Gasteiger partial charge in [-0.2, -0.15) is 0 Å². The predicted octanol–water partition coefficient (Wildman–Crippen LogP) is 0.00290. The molecule has 1 aromatic rings. The van der Waals surface area contributed by atoms with E-state index in [1.54, 1.807) is 0 Å². The number of hydrogen-bond acceptors (Lipinski definition) is 6. The summed E-state index contributed by atoms with van der Waals surface area (Å²) in [6.45, 7) is 3.62. The Labute approximate surface area is 180 Å². The van der Waals surface area contributed by atoms with Gasteiger partial charge in [0.15, 0.2) is 0 Å². The number of likely N-dealkylation sites (N-methyl/N-ethyl adjacent to an activating group) is 1. The fourth-order valence-corrected chi connectivity index (χ4v) is 3.18. The van der Waals surface area contributed by atoms with Crippen LogP contribution in [0.3, 0.4) is 0 Å². The molecule has 0 radical (unpaired) electrons. The van der Waals surface area contributed by atoms with Crippen LogP contribution in [0, 0.1) is 0 Å². The lowest BCUT2D eigenvalue weighted by molar-refractivity contribution is -0.138. The highest BCUT2D eigenvalue weighted by molar-refractivity contribution is 6.11. The van der Waals surface area contributed by atoms with Gasteiger partial charge in [0, 0.05) is 26.3 Å². The van der Waals surface area contributed by atoms with E-state index in [-0.39, 0.29) is 32.0 Å². The van der Waals surface area contributed by atoms with Crippen molar-refractivity contribution in [2.45, 2.75) is 32.0 Å². The van der Waals surface area contributed by atoms with E-state index in [9.17, 15) is 19.2 Å². The topological polar surface area (TPSA) is 125 Å². The van der Waals surface area contributed by atoms with Crippen LogP contribution in [0.4, 0.5) is 4.79 Å². The van der Waals surface area contributed by atoms with Gasteiger partial charge < -0.3 is 20.7 Å². The van der Waals surface area contributed by atoms with E-state index in [4.69, 9.17) is 10.5 Å². The van der Waals surface area contributed by atoms with Gasteiger partial charge in [0.05, 0.1) is 18.8 Å². The summed E-state index contributed by atoms with van der Waals surface area (Å²) in [5.41, 5.74) is 5.72. The maximum atomic E-state index is 13.2. The molecule has 31 heavy (non-hydrogen) atoms. The van der Waals surface area contributed by atoms with Crippen molar-refractivity contribution in [3.8, 4) is 0 Å². The first-order valence-corrected chi connectivity index (χ1v) is 9.93. The van der Waals surface area contributed by atoms with Crippen molar-refractivity contribution >= 4 is 23.8 Å². The third-order valence-electron chi connectivity index (χ3n) is 5.04. The van der Waals surface area contributed by atoms with Gasteiger partial charge in [0.25, 0.3) is 11.8 Å². The number of urea groups is 1. The quantitative estimate of drug-likeness (QED) is 0.588. The van der Waals surface area contributed by atoms with Gasteiger partial charge in [-0.1, -0.05) is 30.3 Å². The zero-order valence-corrected chi connectivity index (χ0v) is 17.8. The zero-order chi connectivity index (χ0) is 22.8. The summed E-state index contributed by atoms with van der Waals surface area (Å²) < 4.78 is 5.69. The molecular formula is C21H27N5O5. The van der Waals surface area contributed by atoms with E-state index in [1.165, 1.54) is 36.9 Å². The third-order valence-corrected chi connectivity index (χ3v) is 5.04. The molecule has 0 spiro atoms. The van der Waals surface area contributed by atoms with Crippen LogP contribution in [-0.2, 0) is 25.7 Å². The number of carbonyl (C=O) groups excluding carboxylic acids is 4. The number of fused-ring (bicyclic) bond motifs is 1. The monoisotopic (exact) mass is 429 g/mol. The first kappa shape index (κ1) is 22.4. The minimum Gasteiger partial charge on any atom is -0.374 e. The Hall–Kier alpha value is -3.24. The van der Waals surface area contributed by atoms with Crippen molar-refractivity contribution < 1.29 is 23.9 Å². The Balaban J connectivity index is 1.74. The Bertz CT molecular complexity index is 908. The van der Waals surface area contributed by atoms with Crippen molar-refractivity contribution in [3.63, 3.8) is 0 Å². The lowest BCUT2D eigenvalue weighted by Crippen LogP contribution is -2.58. The van der Waals surface area contributed by atoms with Crippen molar-refractivity contribution in [1.82, 2.24) is 20.0 Å². The molecule has 1 saturated heterocycles. The van der Waals surface area contributed by atoms with Crippen LogP contribution in [0.2, 0.25) is 0 Å². The van der Waals surface area contributed by atoms with E-state index in [2.05, 4.69) is 5.32 Å². The molecule has 3 N–H and O–H groups in total. The van der Waals surface area contributed by atoms with Gasteiger partial charge in [-0.3, -0.25) is 24.2 Å². The van der Waals surface area contributed by atoms with Gasteiger partial charge in [-0.05, 0) is 19.4 Å². The summed E-state index contributed by atoms with van der Waals surface area (Å²) in [5, 5.41) is 2.64. The molecular weight excluding hydrogens is 402 g/mol. The molecule has 0 saturated carbocycles. The number of nitrogens with two attached hydrogens (primary N) is 1. The lowest BCUT2D eigenvalue weighted by atomic mass is 10.1. The number of ether oxygens (including phenoxy) is 1. The molecule has 10 heteroatoms. The van der Waals surface area contributed by atoms with Crippen molar-refractivity contribution in [1.29, 1.82) is 0 Å². The highest BCUT2D eigenvalue weighted by Crippen LogP contribution is 2.23. The van der Waals surface area contributed by atoms with E-state index in [0.717, 1.165) is 10.5 Å². The maximum absolute atomic E-state index is 13.2. The van der Waals surface area contributed by atoms with Gasteiger partial charge in [-0.15, -0.1) is 0 Å². The second-order valence-electron chi connectivity index (χ2n) is 8.09. The molecule has 1 unspecified atom stereocenters. The minimum atomic E-state index is -1.19. The molecule has 0 aliphatic carbocycles. The summed E-state index contributed by atoms with van der Waals surface area (Å²) in [7, 11) is 1.39. The highest BCUT2D eigenvalue weighted by atomic mass is 16.5. The summed E-state index contributed by atoms with van der Waals surface area (Å²) >= 11 is 0. The average molecular weight is 429 g/mol. The average Bonchev–Trinajstić information content (AvgIpc) is 2.96. The van der Waals surface area contributed by atoms with Gasteiger partial charge in [0.2, 0.25) is 5.91 Å². The van der Waals surface area contributed by atoms with Crippen LogP contribution in [-0.4, -0.2) is 76.8 Å². The summed E-state index contributed by atoms with van der Waals surface area (Å²) in [4.78, 5) is 53.6. The fraction of sp³-hybridized carbons (Fsp3) is 0.429. The number of imide groups is 1. The Morgan fingerprint density at radius 2 is 1.87 bits per heavy atom. The maximum Gasteiger partial charge on any atom is 0.331 e. The number of rotatable bonds is 7. The summed E-state index contributed by atoms with van der Waals surface area (Å²) in [6.07, 6.45) is 1.35. The van der Waals surface area contributed by atoms with E-state index >= 15 is 0 Å². The van der Waals surface area contributed by atoms with Crippen LogP contribution in [0.5, 0.6) is 0 Å². The molecule has 166 valence electrons. The largest absolute Gasteiger partial charge is 0.374 e. The minimum absolute atomic E-state index is 0.0777. The van der Waals surface area contributed by atoms with Gasteiger partial charge >= 0.3 is 6.03 Å². The zero-order valence-electron chi connectivity index (χ0n) is 17.8. The van der Waals surface area contributed by atoms with Crippen molar-refractivity contribution in [3.05, 3.63) is 47.8 Å². The molecule has 3 rings (SSSR count). The molecule has 5 amide bonds. The number of hydrogen-bond donors (Lipinski definition) is 2. The molecule has 0 bridgehead atoms. The standard InChI is InChI=1S/C21H27N5O5/c1-21(2,22)19(29)23-15(13-31-12-14-7-5-4-6-8-14)17(27)25-9-10-26-16(11-25)18(28)24(3)20(26)30/h4-8,11,15H,9-10,12-13,22H2,1-3H3,(H,23,29). The number of benzene rings is 1. The number of amides is 5. The number of nitrogens with zero attached hydrogens (tertiary/aromatic N) is 3. The molecule has 2 heterocycles. The summed E-state index contributed by atoms with van der Waals surface area (Å²) in [5.74, 6) is -1.44. The Morgan fingerprint density at radius 3 is 2.52 bits per heavy atom. The van der Waals surface area contributed by atoms with Crippen molar-refractivity contribution in [2.75, 3.05) is 26.7 Å². The molecule has 1 aromatic carbocycles. The number of nitrogens with one attached hydrogen (secondary N) is 1. The Kier molecular flexibility index (Phi) is 6.42. The van der Waals surface area contributed by atoms with Crippen LogP contribution < -0.4 is 11.1 Å². The van der Waals surface area contributed by atoms with Gasteiger partial charge in [0.1, 0.15) is 11.7 Å². The number of carbonyl (C=O) groups is 4. The predicted molar refractivity (Wildman–Crippen MR) is 111 cm³/mol. The van der Waals surface area contributed by atoms with E-state index in [1.807, 2.05) is 30.3 Å². The summed E-state index contributed by atoms with van der Waals surface area (Å²) in [6, 6.07) is 7.99. The van der Waals surface area contributed by atoms with Crippen LogP contribution in [0.15, 0.2) is 42.2 Å². The first-order valence-electron chi connectivity index (χ1n) is 9.93. The molecule has 1 atom stereocenters. The molecule has 10 nitrogen and oxygen atoms in total. The molecule has 1 fully saturated rings. The Morgan fingerprint density at radius 1 is 1.19 bits per heavy atom. The normalized spacial score (nSPS) is 17.4. The molecule has 2 aliphatic heterocycles. The van der Waals surface area contributed by atoms with Crippen LogP contribution in [0.25, 0.3) is 0 Å². The van der Waals surface area contributed by atoms with Crippen molar-refractivity contribution in [2.24, 2.45) is 5.73 Å². The third kappa shape index (κ3) is 4.92. The lowest BCUT2D eigenvalue weighted by Gasteiger charge is -2.32. The second kappa shape index (κ2) is 8.86. The first-order chi connectivity index (χ1) is 14.6.